The average molecular weight is 384 g/mol. The number of phenolic OH excluding ortho intramolecular Hbond substituents is 1. The lowest BCUT2D eigenvalue weighted by Gasteiger charge is -2.09. The van der Waals surface area contributed by atoms with Crippen LogP contribution in [0.2, 0.25) is 0 Å². The lowest BCUT2D eigenvalue weighted by Crippen LogP contribution is -2.19. The van der Waals surface area contributed by atoms with Crippen molar-refractivity contribution in [2.75, 3.05) is 13.7 Å². The number of para-hydroxylation sites is 1. The maximum atomic E-state index is 12.3. The van der Waals surface area contributed by atoms with Gasteiger partial charge in [0.05, 0.1) is 18.6 Å². The summed E-state index contributed by atoms with van der Waals surface area (Å²) in [5, 5.41) is 13.1. The molecule has 0 saturated carbocycles. The van der Waals surface area contributed by atoms with Gasteiger partial charge in [-0.25, -0.2) is 4.99 Å². The zero-order valence-corrected chi connectivity index (χ0v) is 16.1. The van der Waals surface area contributed by atoms with Crippen LogP contribution < -0.4 is 14.8 Å². The van der Waals surface area contributed by atoms with Crippen LogP contribution in [-0.4, -0.2) is 29.9 Å². The van der Waals surface area contributed by atoms with Crippen molar-refractivity contribution in [2.24, 2.45) is 4.99 Å². The molecular weight excluding hydrogens is 364 g/mol. The van der Waals surface area contributed by atoms with Gasteiger partial charge in [0.2, 0.25) is 0 Å². The number of hydrogen-bond donors (Lipinski definition) is 2. The summed E-state index contributed by atoms with van der Waals surface area (Å²) in [4.78, 5) is 17.2. The van der Waals surface area contributed by atoms with E-state index in [1.807, 2.05) is 38.1 Å². The molecule has 6 nitrogen and oxygen atoms in total. The highest BCUT2D eigenvalue weighted by molar-refractivity contribution is 8.18. The van der Waals surface area contributed by atoms with E-state index in [1.54, 1.807) is 25.3 Å². The molecule has 0 atom stereocenters. The van der Waals surface area contributed by atoms with E-state index in [9.17, 15) is 9.90 Å². The van der Waals surface area contributed by atoms with Gasteiger partial charge in [-0.15, -0.1) is 0 Å². The van der Waals surface area contributed by atoms with Crippen LogP contribution in [0, 0.1) is 6.92 Å². The first kappa shape index (κ1) is 18.8. The number of rotatable bonds is 5. The summed E-state index contributed by atoms with van der Waals surface area (Å²) < 4.78 is 10.9. The monoisotopic (exact) mass is 384 g/mol. The van der Waals surface area contributed by atoms with Crippen molar-refractivity contribution in [3.05, 3.63) is 52.4 Å². The molecule has 2 aromatic rings. The van der Waals surface area contributed by atoms with Gasteiger partial charge < -0.3 is 19.9 Å². The van der Waals surface area contributed by atoms with E-state index in [2.05, 4.69) is 10.3 Å². The number of amidine groups is 1. The number of benzene rings is 2. The molecule has 0 aliphatic carbocycles. The number of nitrogens with one attached hydrogen (secondary N) is 1. The highest BCUT2D eigenvalue weighted by Crippen LogP contribution is 2.35. The summed E-state index contributed by atoms with van der Waals surface area (Å²) >= 11 is 1.22. The van der Waals surface area contributed by atoms with E-state index in [0.29, 0.717) is 33.9 Å². The van der Waals surface area contributed by atoms with Crippen LogP contribution in [0.4, 0.5) is 5.69 Å². The fraction of sp³-hybridized carbons (Fsp3) is 0.200. The molecule has 7 heteroatoms. The van der Waals surface area contributed by atoms with Gasteiger partial charge in [-0.2, -0.15) is 0 Å². The molecule has 1 saturated heterocycles. The molecule has 27 heavy (non-hydrogen) atoms. The number of amides is 1. The number of hydrogen-bond acceptors (Lipinski definition) is 6. The zero-order valence-electron chi connectivity index (χ0n) is 15.3. The van der Waals surface area contributed by atoms with E-state index in [0.717, 1.165) is 11.1 Å². The Labute approximate surface area is 161 Å². The molecule has 1 heterocycles. The number of aromatic hydroxyl groups is 1. The summed E-state index contributed by atoms with van der Waals surface area (Å²) in [5.41, 5.74) is 2.09. The number of phenols is 1. The van der Waals surface area contributed by atoms with Crippen LogP contribution >= 0.6 is 11.8 Å². The second kappa shape index (κ2) is 8.18. The minimum atomic E-state index is -0.236. The Hall–Kier alpha value is -2.93. The number of nitrogens with zero attached hydrogens (tertiary/aromatic N) is 1. The van der Waals surface area contributed by atoms with Crippen LogP contribution in [-0.2, 0) is 4.79 Å². The average Bonchev–Trinajstić information content (AvgIpc) is 2.99. The van der Waals surface area contributed by atoms with Gasteiger partial charge in [0.25, 0.3) is 5.91 Å². The van der Waals surface area contributed by atoms with Gasteiger partial charge in [-0.05, 0) is 61.0 Å². The second-order valence-electron chi connectivity index (χ2n) is 5.77. The van der Waals surface area contributed by atoms with E-state index >= 15 is 0 Å². The van der Waals surface area contributed by atoms with Crippen LogP contribution in [0.15, 0.2) is 46.3 Å². The van der Waals surface area contributed by atoms with Crippen molar-refractivity contribution < 1.29 is 19.4 Å². The lowest BCUT2D eigenvalue weighted by molar-refractivity contribution is -0.115. The number of aryl methyl sites for hydroxylation is 1. The maximum absolute atomic E-state index is 12.3. The lowest BCUT2D eigenvalue weighted by atomic mass is 10.2. The standard InChI is InChI=1S/C20H20N2O4S/c1-4-26-15-9-8-13(10-16(15)25-3)11-17-19(24)22-20(27-17)21-18-12(2)6-5-7-14(18)23/h5-11,23H,4H2,1-3H3,(H,21,22,24)/b17-11-. The smallest absolute Gasteiger partial charge is 0.264 e. The first-order chi connectivity index (χ1) is 13.0. The van der Waals surface area contributed by atoms with E-state index < -0.39 is 0 Å². The van der Waals surface area contributed by atoms with Gasteiger partial charge in [0, 0.05) is 0 Å². The fourth-order valence-corrected chi connectivity index (χ4v) is 3.40. The Morgan fingerprint density at radius 3 is 2.78 bits per heavy atom. The first-order valence-electron chi connectivity index (χ1n) is 8.40. The molecule has 0 aromatic heterocycles. The first-order valence-corrected chi connectivity index (χ1v) is 9.22. The van der Waals surface area contributed by atoms with Crippen molar-refractivity contribution in [3.63, 3.8) is 0 Å². The van der Waals surface area contributed by atoms with Crippen molar-refractivity contribution in [1.29, 1.82) is 0 Å². The topological polar surface area (TPSA) is 80.2 Å². The normalized spacial score (nSPS) is 16.6. The third kappa shape index (κ3) is 4.25. The van der Waals surface area contributed by atoms with Crippen molar-refractivity contribution >= 4 is 34.6 Å². The number of ether oxygens (including phenoxy) is 2. The van der Waals surface area contributed by atoms with Crippen molar-refractivity contribution in [3.8, 4) is 17.2 Å². The number of carbonyl (C=O) groups excluding carboxylic acids is 1. The van der Waals surface area contributed by atoms with Gasteiger partial charge in [0.15, 0.2) is 16.7 Å². The van der Waals surface area contributed by atoms with Crippen LogP contribution in [0.3, 0.4) is 0 Å². The Bertz CT molecular complexity index is 917. The Morgan fingerprint density at radius 2 is 2.07 bits per heavy atom. The summed E-state index contributed by atoms with van der Waals surface area (Å²) in [5.74, 6) is 1.10. The summed E-state index contributed by atoms with van der Waals surface area (Å²) in [6.07, 6.45) is 1.76. The predicted molar refractivity (Wildman–Crippen MR) is 108 cm³/mol. The van der Waals surface area contributed by atoms with Crippen LogP contribution in [0.1, 0.15) is 18.1 Å². The largest absolute Gasteiger partial charge is 0.506 e. The minimum absolute atomic E-state index is 0.0750. The molecule has 1 amide bonds. The molecule has 0 spiro atoms. The Kier molecular flexibility index (Phi) is 5.71. The Balaban J connectivity index is 1.86. The van der Waals surface area contributed by atoms with Gasteiger partial charge in [-0.1, -0.05) is 18.2 Å². The SMILES string of the molecule is CCOc1ccc(/C=C2\SC(=Nc3c(C)cccc3O)NC2=O)cc1OC. The molecule has 2 N–H and O–H groups in total. The van der Waals surface area contributed by atoms with Crippen molar-refractivity contribution in [2.45, 2.75) is 13.8 Å². The molecule has 3 rings (SSSR count). The highest BCUT2D eigenvalue weighted by atomic mass is 32.2. The number of thioether (sulfide) groups is 1. The molecule has 1 aliphatic heterocycles. The quantitative estimate of drug-likeness (QED) is 0.762. The van der Waals surface area contributed by atoms with Crippen molar-refractivity contribution in [1.82, 2.24) is 5.32 Å². The van der Waals surface area contributed by atoms with Gasteiger partial charge in [-0.3, -0.25) is 4.79 Å². The molecular formula is C20H20N2O4S. The van der Waals surface area contributed by atoms with Gasteiger partial charge >= 0.3 is 0 Å². The number of methoxy groups -OCH3 is 1. The van der Waals surface area contributed by atoms with E-state index in [-0.39, 0.29) is 11.7 Å². The Morgan fingerprint density at radius 1 is 1.26 bits per heavy atom. The molecule has 140 valence electrons. The molecule has 0 bridgehead atoms. The van der Waals surface area contributed by atoms with Gasteiger partial charge in [0.1, 0.15) is 11.4 Å². The number of carbonyl (C=O) groups is 1. The molecule has 1 aliphatic rings. The van der Waals surface area contributed by atoms with Crippen LogP contribution in [0.5, 0.6) is 17.2 Å². The number of aliphatic imine (C=N–C) groups is 1. The fourth-order valence-electron chi connectivity index (χ4n) is 2.57. The predicted octanol–water partition coefficient (Wildman–Crippen LogP) is 4.00. The molecule has 1 fully saturated rings. The van der Waals surface area contributed by atoms with E-state index in [1.165, 1.54) is 11.8 Å². The highest BCUT2D eigenvalue weighted by Gasteiger charge is 2.24. The minimum Gasteiger partial charge on any atom is -0.506 e. The second-order valence-corrected chi connectivity index (χ2v) is 6.80. The zero-order chi connectivity index (χ0) is 19.4. The molecule has 2 aromatic carbocycles. The summed E-state index contributed by atoms with van der Waals surface area (Å²) in [6.45, 7) is 4.30. The molecule has 0 radical (unpaired) electrons. The van der Waals surface area contributed by atoms with E-state index in [4.69, 9.17) is 9.47 Å². The maximum Gasteiger partial charge on any atom is 0.264 e. The van der Waals surface area contributed by atoms with Crippen LogP contribution in [0.25, 0.3) is 6.08 Å². The summed E-state index contributed by atoms with van der Waals surface area (Å²) in [6, 6.07) is 10.6. The third-order valence-electron chi connectivity index (χ3n) is 3.87. The molecule has 0 unspecified atom stereocenters. The summed E-state index contributed by atoms with van der Waals surface area (Å²) in [7, 11) is 1.57. The third-order valence-corrected chi connectivity index (χ3v) is 4.78.